The Bertz CT molecular complexity index is 1500. The van der Waals surface area contributed by atoms with Gasteiger partial charge >= 0.3 is 0 Å². The van der Waals surface area contributed by atoms with Gasteiger partial charge in [-0.1, -0.05) is 0 Å². The molecule has 0 bridgehead atoms. The monoisotopic (exact) mass is 536 g/mol. The zero-order chi connectivity index (χ0) is 26.8. The molecule has 1 aromatic carbocycles. The molecule has 0 spiro atoms. The number of likely N-dealkylation sites (tertiary alicyclic amines) is 1. The van der Waals surface area contributed by atoms with E-state index in [1.54, 1.807) is 35.0 Å². The van der Waals surface area contributed by atoms with Crippen LogP contribution >= 0.6 is 11.3 Å². The molecular weight excluding hydrogens is 510 g/mol. The predicted molar refractivity (Wildman–Crippen MR) is 138 cm³/mol. The normalized spacial score (nSPS) is 20.5. The topological polar surface area (TPSA) is 99.2 Å². The predicted octanol–water partition coefficient (Wildman–Crippen LogP) is 4.23. The van der Waals surface area contributed by atoms with Crippen LogP contribution in [0.2, 0.25) is 0 Å². The van der Waals surface area contributed by atoms with Crippen molar-refractivity contribution >= 4 is 17.2 Å². The van der Waals surface area contributed by atoms with Gasteiger partial charge in [-0.25, -0.2) is 18.7 Å². The number of benzene rings is 1. The maximum absolute atomic E-state index is 15.1. The van der Waals surface area contributed by atoms with Crippen LogP contribution in [-0.2, 0) is 12.6 Å². The molecule has 196 valence electrons. The van der Waals surface area contributed by atoms with E-state index in [9.17, 15) is 9.18 Å². The molecule has 11 heteroatoms. The third-order valence-corrected chi connectivity index (χ3v) is 7.80. The van der Waals surface area contributed by atoms with Crippen molar-refractivity contribution in [1.82, 2.24) is 24.6 Å². The van der Waals surface area contributed by atoms with Crippen LogP contribution in [0.4, 0.5) is 8.78 Å². The van der Waals surface area contributed by atoms with E-state index in [1.807, 2.05) is 26.0 Å². The molecule has 8 nitrogen and oxygen atoms in total. The van der Waals surface area contributed by atoms with E-state index in [-0.39, 0.29) is 35.1 Å². The molecule has 4 aromatic rings. The second kappa shape index (κ2) is 8.95. The Balaban J connectivity index is 1.17. The quantitative estimate of drug-likeness (QED) is 0.396. The largest absolute Gasteiger partial charge is 0.474 e. The summed E-state index contributed by atoms with van der Waals surface area (Å²) in [6.07, 6.45) is -0.106. The summed E-state index contributed by atoms with van der Waals surface area (Å²) >= 11 is 1.34. The molecule has 1 aliphatic carbocycles. The number of carbonyl (C=O) groups is 1. The summed E-state index contributed by atoms with van der Waals surface area (Å²) in [5.74, 6) is -0.694. The summed E-state index contributed by atoms with van der Waals surface area (Å²) in [5, 5.41) is 5.88. The number of piperidine rings is 1. The fourth-order valence-corrected chi connectivity index (χ4v) is 5.57. The molecule has 0 radical (unpaired) electrons. The smallest absolute Gasteiger partial charge is 0.275 e. The first-order chi connectivity index (χ1) is 18.1. The molecule has 2 N–H and O–H groups in total. The zero-order valence-corrected chi connectivity index (χ0v) is 21.9. The lowest BCUT2D eigenvalue weighted by Gasteiger charge is -2.22. The number of nitrogens with zero attached hydrogens (tertiary/aromatic N) is 5. The number of thiazole rings is 1. The van der Waals surface area contributed by atoms with Gasteiger partial charge in [0.2, 0.25) is 5.88 Å². The van der Waals surface area contributed by atoms with Crippen molar-refractivity contribution in [2.75, 3.05) is 13.1 Å². The number of fused-ring (bicyclic) bond motifs is 1. The van der Waals surface area contributed by atoms with Crippen LogP contribution in [0.3, 0.4) is 0 Å². The zero-order valence-electron chi connectivity index (χ0n) is 21.1. The number of hydrogen-bond acceptors (Lipinski definition) is 7. The molecular formula is C27H26F2N6O2S. The van der Waals surface area contributed by atoms with Crippen molar-refractivity contribution in [3.63, 3.8) is 0 Å². The van der Waals surface area contributed by atoms with Crippen LogP contribution in [0.1, 0.15) is 29.9 Å². The number of pyridine rings is 1. The average molecular weight is 537 g/mol. The summed E-state index contributed by atoms with van der Waals surface area (Å²) in [6, 6.07) is 9.83. The molecule has 1 saturated carbocycles. The number of rotatable bonds is 6. The number of halogens is 2. The number of ether oxygens (including phenoxy) is 1. The minimum absolute atomic E-state index is 0.0738. The number of aryl methyl sites for hydroxylation is 1. The lowest BCUT2D eigenvalue weighted by molar-refractivity contribution is 0.0735. The Labute approximate surface area is 222 Å². The van der Waals surface area contributed by atoms with E-state index in [4.69, 9.17) is 10.5 Å². The summed E-state index contributed by atoms with van der Waals surface area (Å²) < 4.78 is 36.1. The van der Waals surface area contributed by atoms with Crippen LogP contribution < -0.4 is 10.5 Å². The molecule has 3 aromatic heterocycles. The van der Waals surface area contributed by atoms with Gasteiger partial charge in [0.25, 0.3) is 5.91 Å². The van der Waals surface area contributed by atoms with E-state index < -0.39 is 17.3 Å². The molecule has 2 fully saturated rings. The SMILES string of the molecule is Cn1nc(-c2cscn2)c(F)c1C(=O)N1CC2C(C1)C2Oc1cc(C(C)(C)N)cc(-c2ccc(F)cc2)n1. The second-order valence-electron chi connectivity index (χ2n) is 10.4. The third kappa shape index (κ3) is 4.35. The maximum Gasteiger partial charge on any atom is 0.275 e. The molecule has 38 heavy (non-hydrogen) atoms. The second-order valence-corrected chi connectivity index (χ2v) is 11.2. The molecule has 6 rings (SSSR count). The number of amides is 1. The molecule has 2 aliphatic rings. The maximum atomic E-state index is 15.1. The fraction of sp³-hybridized carbons (Fsp3) is 0.333. The number of hydrogen-bond donors (Lipinski definition) is 1. The number of carbonyl (C=O) groups excluding carboxylic acids is 1. The Morgan fingerprint density at radius 3 is 2.47 bits per heavy atom. The fourth-order valence-electron chi connectivity index (χ4n) is 5.03. The molecule has 1 amide bonds. The van der Waals surface area contributed by atoms with Gasteiger partial charge in [-0.2, -0.15) is 5.10 Å². The first-order valence-electron chi connectivity index (χ1n) is 12.2. The first-order valence-corrected chi connectivity index (χ1v) is 13.2. The van der Waals surface area contributed by atoms with Crippen molar-refractivity contribution in [3.8, 4) is 28.5 Å². The van der Waals surface area contributed by atoms with Crippen molar-refractivity contribution in [2.45, 2.75) is 25.5 Å². The van der Waals surface area contributed by atoms with Gasteiger partial charge in [0.15, 0.2) is 11.5 Å². The Morgan fingerprint density at radius 1 is 1.13 bits per heavy atom. The average Bonchev–Trinajstić information content (AvgIpc) is 3.34. The number of nitrogens with two attached hydrogens (primary N) is 1. The minimum Gasteiger partial charge on any atom is -0.474 e. The van der Waals surface area contributed by atoms with E-state index in [1.165, 1.54) is 28.2 Å². The highest BCUT2D eigenvalue weighted by molar-refractivity contribution is 7.07. The molecule has 4 heterocycles. The highest BCUT2D eigenvalue weighted by Gasteiger charge is 2.59. The van der Waals surface area contributed by atoms with Crippen molar-refractivity contribution < 1.29 is 18.3 Å². The summed E-state index contributed by atoms with van der Waals surface area (Å²) in [5.41, 5.74) is 9.98. The third-order valence-electron chi connectivity index (χ3n) is 7.21. The van der Waals surface area contributed by atoms with Crippen LogP contribution in [0.5, 0.6) is 5.88 Å². The summed E-state index contributed by atoms with van der Waals surface area (Å²) in [6.45, 7) is 4.70. The van der Waals surface area contributed by atoms with Crippen molar-refractivity contribution in [3.05, 3.63) is 70.2 Å². The number of aromatic nitrogens is 4. The van der Waals surface area contributed by atoms with Crippen LogP contribution in [-0.4, -0.2) is 49.7 Å². The highest BCUT2D eigenvalue weighted by Crippen LogP contribution is 2.48. The van der Waals surface area contributed by atoms with E-state index in [2.05, 4.69) is 15.1 Å². The van der Waals surface area contributed by atoms with Gasteiger partial charge in [-0.05, 0) is 49.7 Å². The van der Waals surface area contributed by atoms with Crippen LogP contribution in [0.15, 0.2) is 47.3 Å². The molecule has 1 saturated heterocycles. The minimum atomic E-state index is -0.657. The summed E-state index contributed by atoms with van der Waals surface area (Å²) in [7, 11) is 1.56. The first kappa shape index (κ1) is 24.6. The van der Waals surface area contributed by atoms with Gasteiger partial charge in [0.1, 0.15) is 23.3 Å². The standard InChI is InChI=1S/C27H26F2N6O2S/c1-27(2,30)15-8-19(14-4-6-16(28)7-5-14)32-21(9-15)37-25-17-10-35(11-18(17)25)26(36)24-22(29)23(33-34(24)3)20-12-38-13-31-20/h4-9,12-13,17-18,25H,10-11,30H2,1-3H3. The van der Waals surface area contributed by atoms with Gasteiger partial charge in [0.05, 0.1) is 11.2 Å². The van der Waals surface area contributed by atoms with E-state index >= 15 is 4.39 Å². The lowest BCUT2D eigenvalue weighted by atomic mass is 9.95. The van der Waals surface area contributed by atoms with Crippen molar-refractivity contribution in [1.29, 1.82) is 0 Å². The van der Waals surface area contributed by atoms with E-state index in [0.717, 1.165) is 11.1 Å². The van der Waals surface area contributed by atoms with Crippen LogP contribution in [0, 0.1) is 23.5 Å². The van der Waals surface area contributed by atoms with Gasteiger partial charge < -0.3 is 15.4 Å². The van der Waals surface area contributed by atoms with Gasteiger partial charge in [0, 0.05) is 54.5 Å². The summed E-state index contributed by atoms with van der Waals surface area (Å²) in [4.78, 5) is 23.6. The Morgan fingerprint density at radius 2 is 1.84 bits per heavy atom. The van der Waals surface area contributed by atoms with E-state index in [0.29, 0.717) is 30.4 Å². The Hall–Kier alpha value is -3.70. The molecule has 2 unspecified atom stereocenters. The van der Waals surface area contributed by atoms with Gasteiger partial charge in [-0.3, -0.25) is 9.48 Å². The van der Waals surface area contributed by atoms with Crippen LogP contribution in [0.25, 0.3) is 22.6 Å². The lowest BCUT2D eigenvalue weighted by Crippen LogP contribution is -2.35. The van der Waals surface area contributed by atoms with Crippen molar-refractivity contribution in [2.24, 2.45) is 24.6 Å². The highest BCUT2D eigenvalue weighted by atomic mass is 32.1. The molecule has 2 atom stereocenters. The Kier molecular flexibility index (Phi) is 5.80. The van der Waals surface area contributed by atoms with Gasteiger partial charge in [-0.15, -0.1) is 11.3 Å². The molecule has 1 aliphatic heterocycles.